The van der Waals surface area contributed by atoms with Crippen LogP contribution in [0.4, 0.5) is 8.78 Å². The lowest BCUT2D eigenvalue weighted by Gasteiger charge is -2.08. The van der Waals surface area contributed by atoms with E-state index in [2.05, 4.69) is 21.8 Å². The van der Waals surface area contributed by atoms with Crippen LogP contribution in [0.3, 0.4) is 0 Å². The van der Waals surface area contributed by atoms with Crippen molar-refractivity contribution in [2.45, 2.75) is 0 Å². The van der Waals surface area contributed by atoms with E-state index in [0.29, 0.717) is 16.8 Å². The molecule has 4 nitrogen and oxygen atoms in total. The Morgan fingerprint density at radius 1 is 1.12 bits per heavy atom. The summed E-state index contributed by atoms with van der Waals surface area (Å²) in [7, 11) is 0. The molecule has 0 spiro atoms. The summed E-state index contributed by atoms with van der Waals surface area (Å²) in [5.74, 6) is 2.52. The highest BCUT2D eigenvalue weighted by Gasteiger charge is 2.19. The van der Waals surface area contributed by atoms with Gasteiger partial charge in [0.15, 0.2) is 0 Å². The maximum absolute atomic E-state index is 14.5. The first-order valence-electron chi connectivity index (χ1n) is 7.34. The zero-order valence-corrected chi connectivity index (χ0v) is 13.9. The number of nitrogens with two attached hydrogens (primary N) is 1. The Balaban J connectivity index is 2.01. The minimum absolute atomic E-state index is 0.0499. The first-order valence-corrected chi connectivity index (χ1v) is 7.72. The van der Waals surface area contributed by atoms with Crippen molar-refractivity contribution in [1.82, 2.24) is 9.97 Å². The Bertz CT molecular complexity index is 1070. The zero-order valence-electron chi connectivity index (χ0n) is 13.1. The van der Waals surface area contributed by atoms with E-state index < -0.39 is 23.1 Å². The summed E-state index contributed by atoms with van der Waals surface area (Å²) in [6.45, 7) is 0. The maximum atomic E-state index is 14.5. The number of carbonyl (C=O) groups excluding carboxylic acids is 1. The molecule has 0 aliphatic heterocycles. The zero-order chi connectivity index (χ0) is 18.7. The summed E-state index contributed by atoms with van der Waals surface area (Å²) in [6.07, 6.45) is 1.48. The molecule has 1 aromatic heterocycles. The maximum Gasteiger partial charge on any atom is 0.254 e. The van der Waals surface area contributed by atoms with Crippen molar-refractivity contribution in [1.29, 1.82) is 0 Å². The number of aromatic nitrogens is 2. The molecule has 0 atom stereocenters. The van der Waals surface area contributed by atoms with Gasteiger partial charge in [-0.05, 0) is 53.4 Å². The molecule has 0 aliphatic carbocycles. The van der Waals surface area contributed by atoms with Gasteiger partial charge in [0.05, 0.1) is 0 Å². The third-order valence-electron chi connectivity index (χ3n) is 3.47. The van der Waals surface area contributed by atoms with Crippen LogP contribution in [-0.4, -0.2) is 15.9 Å². The number of carbonyl (C=O) groups is 1. The first-order chi connectivity index (χ1) is 12.5. The SMILES string of the molecule is NC(=O)c1c(F)ccc(-c2cccc(C#Cc3ccnc(Cl)n3)c2)c1F. The van der Waals surface area contributed by atoms with Crippen LogP contribution in [0.5, 0.6) is 0 Å². The average molecular weight is 370 g/mol. The number of rotatable bonds is 2. The van der Waals surface area contributed by atoms with Crippen molar-refractivity contribution in [3.8, 4) is 23.0 Å². The van der Waals surface area contributed by atoms with E-state index in [-0.39, 0.29) is 10.8 Å². The van der Waals surface area contributed by atoms with Gasteiger partial charge in [0.1, 0.15) is 22.9 Å². The molecule has 1 heterocycles. The number of halogens is 3. The second kappa shape index (κ2) is 7.30. The highest BCUT2D eigenvalue weighted by molar-refractivity contribution is 6.28. The molecule has 0 saturated heterocycles. The molecule has 2 aromatic carbocycles. The molecule has 0 radical (unpaired) electrons. The monoisotopic (exact) mass is 369 g/mol. The van der Waals surface area contributed by atoms with Crippen LogP contribution >= 0.6 is 11.6 Å². The van der Waals surface area contributed by atoms with Crippen molar-refractivity contribution in [3.05, 3.63) is 82.4 Å². The Kier molecular flexibility index (Phi) is 4.92. The molecule has 0 aliphatic rings. The molecule has 0 saturated carbocycles. The van der Waals surface area contributed by atoms with Crippen LogP contribution in [0.1, 0.15) is 21.6 Å². The quantitative estimate of drug-likeness (QED) is 0.554. The van der Waals surface area contributed by atoms with Gasteiger partial charge >= 0.3 is 0 Å². The standard InChI is InChI=1S/C19H10ClF2N3O/c20-19-24-9-8-13(25-19)5-4-11-2-1-3-12(10-11)14-6-7-15(21)16(17(14)22)18(23)26/h1-3,6-10H,(H2,23,26). The number of hydrogen-bond acceptors (Lipinski definition) is 3. The van der Waals surface area contributed by atoms with Gasteiger partial charge in [0, 0.05) is 17.3 Å². The minimum Gasteiger partial charge on any atom is -0.365 e. The van der Waals surface area contributed by atoms with E-state index in [1.54, 1.807) is 30.3 Å². The largest absolute Gasteiger partial charge is 0.365 e. The van der Waals surface area contributed by atoms with Gasteiger partial charge in [-0.2, -0.15) is 0 Å². The lowest BCUT2D eigenvalue weighted by atomic mass is 9.99. The molecular weight excluding hydrogens is 360 g/mol. The molecule has 3 aromatic rings. The molecule has 0 bridgehead atoms. The second-order valence-electron chi connectivity index (χ2n) is 5.19. The van der Waals surface area contributed by atoms with E-state index in [0.717, 1.165) is 6.07 Å². The van der Waals surface area contributed by atoms with Gasteiger partial charge in [-0.1, -0.05) is 18.1 Å². The van der Waals surface area contributed by atoms with Gasteiger partial charge < -0.3 is 5.73 Å². The number of benzene rings is 2. The molecule has 1 amide bonds. The number of nitrogens with zero attached hydrogens (tertiary/aromatic N) is 2. The predicted octanol–water partition coefficient (Wildman–Crippen LogP) is 3.57. The van der Waals surface area contributed by atoms with Crippen LogP contribution < -0.4 is 5.73 Å². The summed E-state index contributed by atoms with van der Waals surface area (Å²) in [5.41, 5.74) is 5.76. The smallest absolute Gasteiger partial charge is 0.254 e. The second-order valence-corrected chi connectivity index (χ2v) is 5.53. The fourth-order valence-electron chi connectivity index (χ4n) is 2.31. The average Bonchev–Trinajstić information content (AvgIpc) is 2.60. The molecule has 0 fully saturated rings. The van der Waals surface area contributed by atoms with Gasteiger partial charge in [-0.3, -0.25) is 4.79 Å². The lowest BCUT2D eigenvalue weighted by molar-refractivity contribution is 0.0992. The van der Waals surface area contributed by atoms with Crippen LogP contribution in [0.2, 0.25) is 5.28 Å². The van der Waals surface area contributed by atoms with Crippen molar-refractivity contribution in [2.24, 2.45) is 5.73 Å². The van der Waals surface area contributed by atoms with Gasteiger partial charge in [0.25, 0.3) is 5.91 Å². The van der Waals surface area contributed by atoms with E-state index in [1.807, 2.05) is 0 Å². The molecule has 26 heavy (non-hydrogen) atoms. The van der Waals surface area contributed by atoms with Crippen molar-refractivity contribution >= 4 is 17.5 Å². The normalized spacial score (nSPS) is 10.1. The third-order valence-corrected chi connectivity index (χ3v) is 3.65. The topological polar surface area (TPSA) is 68.9 Å². The molecule has 7 heteroatoms. The predicted molar refractivity (Wildman–Crippen MR) is 93.3 cm³/mol. The fourth-order valence-corrected chi connectivity index (χ4v) is 2.45. The van der Waals surface area contributed by atoms with Crippen LogP contribution in [-0.2, 0) is 0 Å². The van der Waals surface area contributed by atoms with Crippen LogP contribution in [0, 0.1) is 23.5 Å². The fraction of sp³-hybridized carbons (Fsp3) is 0. The molecular formula is C19H10ClF2N3O. The molecule has 0 unspecified atom stereocenters. The number of primary amides is 1. The first kappa shape index (κ1) is 17.5. The minimum atomic E-state index is -1.17. The molecule has 128 valence electrons. The van der Waals surface area contributed by atoms with E-state index in [9.17, 15) is 13.6 Å². The Morgan fingerprint density at radius 3 is 2.65 bits per heavy atom. The van der Waals surface area contributed by atoms with E-state index in [1.165, 1.54) is 12.3 Å². The van der Waals surface area contributed by atoms with Gasteiger partial charge in [-0.15, -0.1) is 0 Å². The van der Waals surface area contributed by atoms with Gasteiger partial charge in [0.2, 0.25) is 5.28 Å². The lowest BCUT2D eigenvalue weighted by Crippen LogP contribution is -2.16. The number of amides is 1. The number of hydrogen-bond donors (Lipinski definition) is 1. The summed E-state index contributed by atoms with van der Waals surface area (Å²) in [5, 5.41) is 0.0814. The summed E-state index contributed by atoms with van der Waals surface area (Å²) < 4.78 is 28.1. The third kappa shape index (κ3) is 3.68. The molecule has 2 N–H and O–H groups in total. The Morgan fingerprint density at radius 2 is 1.92 bits per heavy atom. The van der Waals surface area contributed by atoms with E-state index >= 15 is 0 Å². The van der Waals surface area contributed by atoms with Crippen molar-refractivity contribution < 1.29 is 13.6 Å². The molecule has 3 rings (SSSR count). The Hall–Kier alpha value is -3.30. The Labute approximate surface area is 152 Å². The van der Waals surface area contributed by atoms with Gasteiger partial charge in [-0.25, -0.2) is 18.7 Å². The highest BCUT2D eigenvalue weighted by Crippen LogP contribution is 2.27. The summed E-state index contributed by atoms with van der Waals surface area (Å²) in [6, 6.07) is 10.5. The van der Waals surface area contributed by atoms with Crippen molar-refractivity contribution in [2.75, 3.05) is 0 Å². The summed E-state index contributed by atoms with van der Waals surface area (Å²) in [4.78, 5) is 19.0. The van der Waals surface area contributed by atoms with Crippen LogP contribution in [0.15, 0.2) is 48.7 Å². The summed E-state index contributed by atoms with van der Waals surface area (Å²) >= 11 is 5.70. The van der Waals surface area contributed by atoms with Crippen molar-refractivity contribution in [3.63, 3.8) is 0 Å². The van der Waals surface area contributed by atoms with Crippen LogP contribution in [0.25, 0.3) is 11.1 Å². The highest BCUT2D eigenvalue weighted by atomic mass is 35.5. The van der Waals surface area contributed by atoms with E-state index in [4.69, 9.17) is 17.3 Å².